The maximum atomic E-state index is 13.1. The summed E-state index contributed by atoms with van der Waals surface area (Å²) >= 11 is 0. The van der Waals surface area contributed by atoms with Gasteiger partial charge in [-0.3, -0.25) is 4.79 Å². The SMILES string of the molecule is CN(CC1CCCCC1O)C(=O)c1ccccc1-c1ccccc1C#N. The lowest BCUT2D eigenvalue weighted by Crippen LogP contribution is -2.38. The lowest BCUT2D eigenvalue weighted by Gasteiger charge is -2.31. The van der Waals surface area contributed by atoms with Gasteiger partial charge in [-0.1, -0.05) is 49.2 Å². The van der Waals surface area contributed by atoms with Crippen molar-refractivity contribution in [1.29, 1.82) is 5.26 Å². The lowest BCUT2D eigenvalue weighted by atomic mass is 9.86. The fourth-order valence-corrected chi connectivity index (χ4v) is 3.76. The third-order valence-electron chi connectivity index (χ3n) is 5.22. The van der Waals surface area contributed by atoms with E-state index in [4.69, 9.17) is 0 Å². The Morgan fingerprint density at radius 2 is 1.77 bits per heavy atom. The molecule has 3 rings (SSSR count). The van der Waals surface area contributed by atoms with E-state index < -0.39 is 0 Å². The number of aliphatic hydroxyl groups is 1. The smallest absolute Gasteiger partial charge is 0.254 e. The van der Waals surface area contributed by atoms with Crippen LogP contribution in [0.3, 0.4) is 0 Å². The topological polar surface area (TPSA) is 64.3 Å². The van der Waals surface area contributed by atoms with Crippen molar-refractivity contribution >= 4 is 5.91 Å². The molecule has 0 radical (unpaired) electrons. The Kier molecular flexibility index (Phi) is 5.70. The maximum Gasteiger partial charge on any atom is 0.254 e. The van der Waals surface area contributed by atoms with Gasteiger partial charge in [0.2, 0.25) is 0 Å². The molecule has 0 bridgehead atoms. The van der Waals surface area contributed by atoms with E-state index >= 15 is 0 Å². The summed E-state index contributed by atoms with van der Waals surface area (Å²) in [6, 6.07) is 16.9. The molecule has 2 atom stereocenters. The number of aliphatic hydroxyl groups excluding tert-OH is 1. The Bertz CT molecular complexity index is 825. The fraction of sp³-hybridized carbons (Fsp3) is 0.364. The van der Waals surface area contributed by atoms with Crippen LogP contribution in [0.5, 0.6) is 0 Å². The van der Waals surface area contributed by atoms with Crippen molar-refractivity contribution in [2.24, 2.45) is 5.92 Å². The first-order chi connectivity index (χ1) is 12.6. The van der Waals surface area contributed by atoms with Gasteiger partial charge < -0.3 is 10.0 Å². The molecule has 2 unspecified atom stereocenters. The second kappa shape index (κ2) is 8.16. The number of carbonyl (C=O) groups excluding carboxylic acids is 1. The highest BCUT2D eigenvalue weighted by molar-refractivity contribution is 6.01. The summed E-state index contributed by atoms with van der Waals surface area (Å²) in [5.41, 5.74) is 2.68. The van der Waals surface area contributed by atoms with Crippen LogP contribution in [0.4, 0.5) is 0 Å². The Balaban J connectivity index is 1.87. The number of hydrogen-bond acceptors (Lipinski definition) is 3. The van der Waals surface area contributed by atoms with Crippen LogP contribution in [0.25, 0.3) is 11.1 Å². The van der Waals surface area contributed by atoms with Gasteiger partial charge >= 0.3 is 0 Å². The Morgan fingerprint density at radius 1 is 1.12 bits per heavy atom. The molecule has 0 heterocycles. The highest BCUT2D eigenvalue weighted by atomic mass is 16.3. The number of benzene rings is 2. The van der Waals surface area contributed by atoms with Crippen LogP contribution in [-0.2, 0) is 0 Å². The number of carbonyl (C=O) groups is 1. The average Bonchev–Trinajstić information content (AvgIpc) is 2.69. The van der Waals surface area contributed by atoms with Crippen molar-refractivity contribution in [3.8, 4) is 17.2 Å². The second-order valence-electron chi connectivity index (χ2n) is 7.00. The summed E-state index contributed by atoms with van der Waals surface area (Å²) in [5.74, 6) is 0.0578. The molecule has 0 saturated heterocycles. The molecular weight excluding hydrogens is 324 g/mol. The maximum absolute atomic E-state index is 13.1. The first-order valence-corrected chi connectivity index (χ1v) is 9.14. The highest BCUT2D eigenvalue weighted by Crippen LogP contribution is 2.29. The lowest BCUT2D eigenvalue weighted by molar-refractivity contribution is 0.0451. The van der Waals surface area contributed by atoms with Crippen molar-refractivity contribution in [1.82, 2.24) is 4.90 Å². The zero-order valence-corrected chi connectivity index (χ0v) is 15.1. The molecule has 0 aromatic heterocycles. The average molecular weight is 348 g/mol. The quantitative estimate of drug-likeness (QED) is 0.913. The number of rotatable bonds is 4. The van der Waals surface area contributed by atoms with Gasteiger partial charge in [-0.2, -0.15) is 5.26 Å². The van der Waals surface area contributed by atoms with Gasteiger partial charge in [0.05, 0.1) is 17.7 Å². The third-order valence-corrected chi connectivity index (χ3v) is 5.22. The third kappa shape index (κ3) is 3.79. The zero-order chi connectivity index (χ0) is 18.5. The molecule has 1 amide bonds. The van der Waals surface area contributed by atoms with E-state index in [2.05, 4.69) is 6.07 Å². The largest absolute Gasteiger partial charge is 0.393 e. The summed E-state index contributed by atoms with van der Waals surface area (Å²) in [6.45, 7) is 0.550. The molecule has 0 aliphatic heterocycles. The monoisotopic (exact) mass is 348 g/mol. The predicted octanol–water partition coefficient (Wildman–Crippen LogP) is 3.85. The fourth-order valence-electron chi connectivity index (χ4n) is 3.76. The van der Waals surface area contributed by atoms with E-state index in [1.165, 1.54) is 0 Å². The van der Waals surface area contributed by atoms with Crippen molar-refractivity contribution in [3.63, 3.8) is 0 Å². The molecule has 1 saturated carbocycles. The van der Waals surface area contributed by atoms with Crippen LogP contribution in [0.2, 0.25) is 0 Å². The van der Waals surface area contributed by atoms with Gasteiger partial charge in [-0.15, -0.1) is 0 Å². The van der Waals surface area contributed by atoms with E-state index in [9.17, 15) is 15.2 Å². The predicted molar refractivity (Wildman–Crippen MR) is 102 cm³/mol. The molecular formula is C22H24N2O2. The Morgan fingerprint density at radius 3 is 2.50 bits per heavy atom. The molecule has 1 aliphatic rings. The van der Waals surface area contributed by atoms with E-state index in [0.717, 1.165) is 36.8 Å². The van der Waals surface area contributed by atoms with Crippen LogP contribution in [0.1, 0.15) is 41.6 Å². The van der Waals surface area contributed by atoms with Gasteiger partial charge in [0.25, 0.3) is 5.91 Å². The first-order valence-electron chi connectivity index (χ1n) is 9.14. The number of hydrogen-bond donors (Lipinski definition) is 1. The van der Waals surface area contributed by atoms with Gasteiger partial charge in [0.1, 0.15) is 0 Å². The molecule has 1 fully saturated rings. The van der Waals surface area contributed by atoms with Gasteiger partial charge in [-0.05, 0) is 30.5 Å². The van der Waals surface area contributed by atoms with Gasteiger partial charge in [-0.25, -0.2) is 0 Å². The molecule has 26 heavy (non-hydrogen) atoms. The standard InChI is InChI=1S/C22H24N2O2/c1-24(15-17-9-3-7-13-21(17)25)22(26)20-12-6-5-11-19(20)18-10-4-2-8-16(18)14-23/h2,4-6,8,10-12,17,21,25H,3,7,9,13,15H2,1H3. The van der Waals surface area contributed by atoms with Crippen LogP contribution in [-0.4, -0.2) is 35.6 Å². The van der Waals surface area contributed by atoms with Crippen molar-refractivity contribution < 1.29 is 9.90 Å². The molecule has 134 valence electrons. The van der Waals surface area contributed by atoms with Crippen LogP contribution in [0.15, 0.2) is 48.5 Å². The van der Waals surface area contributed by atoms with Gasteiger partial charge in [0.15, 0.2) is 0 Å². The van der Waals surface area contributed by atoms with E-state index in [1.807, 2.05) is 36.4 Å². The molecule has 0 spiro atoms. The summed E-state index contributed by atoms with van der Waals surface area (Å²) in [7, 11) is 1.79. The van der Waals surface area contributed by atoms with E-state index in [-0.39, 0.29) is 17.9 Å². The van der Waals surface area contributed by atoms with Crippen LogP contribution in [0, 0.1) is 17.2 Å². The summed E-state index contributed by atoms with van der Waals surface area (Å²) in [5, 5.41) is 19.6. The van der Waals surface area contributed by atoms with E-state index in [1.54, 1.807) is 24.1 Å². The number of amides is 1. The normalized spacial score (nSPS) is 19.6. The van der Waals surface area contributed by atoms with Crippen LogP contribution < -0.4 is 0 Å². The zero-order valence-electron chi connectivity index (χ0n) is 15.1. The highest BCUT2D eigenvalue weighted by Gasteiger charge is 2.26. The summed E-state index contributed by atoms with van der Waals surface area (Å²) in [4.78, 5) is 14.8. The minimum absolute atomic E-state index is 0.0777. The molecule has 1 N–H and O–H groups in total. The molecule has 4 heteroatoms. The summed E-state index contributed by atoms with van der Waals surface area (Å²) in [6.07, 6.45) is 3.61. The molecule has 1 aliphatic carbocycles. The van der Waals surface area contributed by atoms with Crippen molar-refractivity contribution in [2.45, 2.75) is 31.8 Å². The van der Waals surface area contributed by atoms with Crippen LogP contribution >= 0.6 is 0 Å². The Hall–Kier alpha value is -2.64. The first kappa shape index (κ1) is 18.2. The molecule has 4 nitrogen and oxygen atoms in total. The minimum Gasteiger partial charge on any atom is -0.393 e. The molecule has 2 aromatic carbocycles. The minimum atomic E-state index is -0.325. The summed E-state index contributed by atoms with van der Waals surface area (Å²) < 4.78 is 0. The number of nitrogens with zero attached hydrogens (tertiary/aromatic N) is 2. The van der Waals surface area contributed by atoms with E-state index in [0.29, 0.717) is 17.7 Å². The Labute approximate surface area is 154 Å². The van der Waals surface area contributed by atoms with Gasteiger partial charge in [0, 0.05) is 30.6 Å². The van der Waals surface area contributed by atoms with Crippen molar-refractivity contribution in [2.75, 3.05) is 13.6 Å². The van der Waals surface area contributed by atoms with Crippen molar-refractivity contribution in [3.05, 3.63) is 59.7 Å². The number of nitriles is 1. The second-order valence-corrected chi connectivity index (χ2v) is 7.00. The molecule has 2 aromatic rings.